The van der Waals surface area contributed by atoms with E-state index < -0.39 is 11.5 Å². The van der Waals surface area contributed by atoms with Gasteiger partial charge in [0, 0.05) is 19.4 Å². The van der Waals surface area contributed by atoms with E-state index >= 15 is 0 Å². The Balaban J connectivity index is 1.88. The van der Waals surface area contributed by atoms with E-state index in [1.165, 1.54) is 24.5 Å². The van der Waals surface area contributed by atoms with Gasteiger partial charge in [0.05, 0.1) is 17.9 Å². The maximum absolute atomic E-state index is 12.3. The first-order valence-electron chi connectivity index (χ1n) is 6.94. The van der Waals surface area contributed by atoms with Crippen molar-refractivity contribution in [3.8, 4) is 5.75 Å². The van der Waals surface area contributed by atoms with Crippen LogP contribution in [0.1, 0.15) is 21.7 Å². The Morgan fingerprint density at radius 3 is 2.91 bits per heavy atom. The molecule has 118 valence electrons. The van der Waals surface area contributed by atoms with Crippen LogP contribution in [-0.2, 0) is 13.6 Å². The summed E-state index contributed by atoms with van der Waals surface area (Å²) in [6.45, 7) is 2.11. The Hall–Kier alpha value is -3.16. The third-order valence-electron chi connectivity index (χ3n) is 3.49. The lowest BCUT2D eigenvalue weighted by Crippen LogP contribution is -2.31. The Labute approximate surface area is 131 Å². The van der Waals surface area contributed by atoms with Crippen LogP contribution >= 0.6 is 0 Å². The molecule has 23 heavy (non-hydrogen) atoms. The van der Waals surface area contributed by atoms with Crippen LogP contribution in [0.2, 0.25) is 0 Å². The van der Waals surface area contributed by atoms with Gasteiger partial charge in [0.15, 0.2) is 11.4 Å². The highest BCUT2D eigenvalue weighted by Gasteiger charge is 2.15. The summed E-state index contributed by atoms with van der Waals surface area (Å²) < 4.78 is 2.80. The number of rotatable bonds is 3. The minimum absolute atomic E-state index is 0.0907. The number of nitrogens with zero attached hydrogens (tertiary/aromatic N) is 4. The number of aromatic hydroxyl groups is 1. The van der Waals surface area contributed by atoms with Gasteiger partial charge >= 0.3 is 0 Å². The molecule has 0 bridgehead atoms. The van der Waals surface area contributed by atoms with Crippen molar-refractivity contribution < 1.29 is 9.90 Å². The molecule has 8 nitrogen and oxygen atoms in total. The van der Waals surface area contributed by atoms with E-state index in [2.05, 4.69) is 15.4 Å². The second kappa shape index (κ2) is 5.56. The number of hydrogen-bond donors (Lipinski definition) is 2. The van der Waals surface area contributed by atoms with Gasteiger partial charge in [-0.2, -0.15) is 5.10 Å². The average Bonchev–Trinajstić information content (AvgIpc) is 2.84. The van der Waals surface area contributed by atoms with Crippen molar-refractivity contribution in [3.05, 3.63) is 57.9 Å². The summed E-state index contributed by atoms with van der Waals surface area (Å²) in [7, 11) is 1.78. The summed E-state index contributed by atoms with van der Waals surface area (Å²) >= 11 is 0. The topological polar surface area (TPSA) is 102 Å². The number of aromatic nitrogens is 4. The molecule has 0 spiro atoms. The van der Waals surface area contributed by atoms with Crippen LogP contribution in [0, 0.1) is 6.92 Å². The van der Waals surface area contributed by atoms with Gasteiger partial charge in [0.1, 0.15) is 5.56 Å². The highest BCUT2D eigenvalue weighted by molar-refractivity contribution is 5.93. The maximum Gasteiger partial charge on any atom is 0.270 e. The SMILES string of the molecule is Cc1cc(CNC(=O)c2cnc3c(O)cccn3c2=O)n(C)n1. The molecule has 0 aliphatic heterocycles. The molecule has 3 aromatic rings. The smallest absolute Gasteiger partial charge is 0.270 e. The third-order valence-corrected chi connectivity index (χ3v) is 3.49. The van der Waals surface area contributed by atoms with Crippen molar-refractivity contribution in [2.24, 2.45) is 7.05 Å². The normalized spacial score (nSPS) is 10.9. The molecule has 0 saturated heterocycles. The summed E-state index contributed by atoms with van der Waals surface area (Å²) in [6.07, 6.45) is 2.62. The van der Waals surface area contributed by atoms with E-state index in [9.17, 15) is 14.7 Å². The Kier molecular flexibility index (Phi) is 3.57. The quantitative estimate of drug-likeness (QED) is 0.727. The molecule has 8 heteroatoms. The number of carbonyl (C=O) groups excluding carboxylic acids is 1. The highest BCUT2D eigenvalue weighted by Crippen LogP contribution is 2.13. The molecular weight excluding hydrogens is 298 g/mol. The first-order chi connectivity index (χ1) is 11.0. The van der Waals surface area contributed by atoms with E-state index in [0.717, 1.165) is 15.8 Å². The van der Waals surface area contributed by atoms with Crippen molar-refractivity contribution in [3.63, 3.8) is 0 Å². The van der Waals surface area contributed by atoms with Gasteiger partial charge in [-0.25, -0.2) is 4.98 Å². The van der Waals surface area contributed by atoms with Gasteiger partial charge in [0.2, 0.25) is 0 Å². The van der Waals surface area contributed by atoms with Crippen molar-refractivity contribution >= 4 is 11.6 Å². The van der Waals surface area contributed by atoms with Crippen LogP contribution in [0.3, 0.4) is 0 Å². The third kappa shape index (κ3) is 2.66. The van der Waals surface area contributed by atoms with E-state index in [-0.39, 0.29) is 23.5 Å². The zero-order chi connectivity index (χ0) is 16.6. The average molecular weight is 313 g/mol. The van der Waals surface area contributed by atoms with Gasteiger partial charge in [0.25, 0.3) is 11.5 Å². The number of hydrogen-bond acceptors (Lipinski definition) is 5. The molecule has 3 heterocycles. The van der Waals surface area contributed by atoms with Crippen LogP contribution in [0.5, 0.6) is 5.75 Å². The molecular formula is C15H15N5O3. The van der Waals surface area contributed by atoms with Gasteiger partial charge in [-0.1, -0.05) is 0 Å². The molecule has 2 N–H and O–H groups in total. The Morgan fingerprint density at radius 2 is 2.22 bits per heavy atom. The summed E-state index contributed by atoms with van der Waals surface area (Å²) in [5.74, 6) is -0.652. The van der Waals surface area contributed by atoms with Gasteiger partial charge in [-0.15, -0.1) is 0 Å². The summed E-state index contributed by atoms with van der Waals surface area (Å²) in [6, 6.07) is 4.78. The van der Waals surface area contributed by atoms with Gasteiger partial charge < -0.3 is 10.4 Å². The largest absolute Gasteiger partial charge is 0.504 e. The zero-order valence-corrected chi connectivity index (χ0v) is 12.6. The molecule has 3 aromatic heterocycles. The fraction of sp³-hybridized carbons (Fsp3) is 0.200. The number of carbonyl (C=O) groups is 1. The van der Waals surface area contributed by atoms with Crippen molar-refractivity contribution in [2.75, 3.05) is 0 Å². The summed E-state index contributed by atoms with van der Waals surface area (Å²) in [5, 5.41) is 16.5. The molecule has 0 aliphatic carbocycles. The molecule has 0 fully saturated rings. The molecule has 0 aliphatic rings. The molecule has 1 amide bonds. The molecule has 3 rings (SSSR count). The number of fused-ring (bicyclic) bond motifs is 1. The molecule has 0 radical (unpaired) electrons. The van der Waals surface area contributed by atoms with Crippen molar-refractivity contribution in [2.45, 2.75) is 13.5 Å². The second-order valence-corrected chi connectivity index (χ2v) is 5.15. The number of amides is 1. The number of nitrogens with one attached hydrogen (secondary N) is 1. The van der Waals surface area contributed by atoms with Gasteiger partial charge in [-0.05, 0) is 25.1 Å². The first-order valence-corrected chi connectivity index (χ1v) is 6.94. The maximum atomic E-state index is 12.3. The number of pyridine rings is 1. The minimum Gasteiger partial charge on any atom is -0.504 e. The molecule has 0 atom stereocenters. The summed E-state index contributed by atoms with van der Waals surface area (Å²) in [5.41, 5.74) is 1.15. The van der Waals surface area contributed by atoms with Crippen LogP contribution in [-0.4, -0.2) is 30.2 Å². The molecule has 0 unspecified atom stereocenters. The zero-order valence-electron chi connectivity index (χ0n) is 12.6. The van der Waals surface area contributed by atoms with E-state index in [4.69, 9.17) is 0 Å². The van der Waals surface area contributed by atoms with Crippen LogP contribution < -0.4 is 10.9 Å². The monoisotopic (exact) mass is 313 g/mol. The lowest BCUT2D eigenvalue weighted by atomic mass is 10.3. The highest BCUT2D eigenvalue weighted by atomic mass is 16.3. The molecule has 0 saturated carbocycles. The van der Waals surface area contributed by atoms with Crippen molar-refractivity contribution in [1.29, 1.82) is 0 Å². The predicted molar refractivity (Wildman–Crippen MR) is 82.2 cm³/mol. The first kappa shape index (κ1) is 14.8. The van der Waals surface area contributed by atoms with Crippen LogP contribution in [0.15, 0.2) is 35.4 Å². The predicted octanol–water partition coefficient (Wildman–Crippen LogP) is 0.372. The fourth-order valence-corrected chi connectivity index (χ4v) is 2.34. The van der Waals surface area contributed by atoms with E-state index in [1.807, 2.05) is 13.0 Å². The standard InChI is InChI=1S/C15H15N5O3/c1-9-6-10(19(2)18-9)7-17-14(22)11-8-16-13-12(21)4-3-5-20(13)15(11)23/h3-6,8,21H,7H2,1-2H3,(H,17,22). The van der Waals surface area contributed by atoms with Crippen LogP contribution in [0.4, 0.5) is 0 Å². The lowest BCUT2D eigenvalue weighted by molar-refractivity contribution is 0.0948. The second-order valence-electron chi connectivity index (χ2n) is 5.15. The lowest BCUT2D eigenvalue weighted by Gasteiger charge is -2.07. The number of aryl methyl sites for hydroxylation is 2. The summed E-state index contributed by atoms with van der Waals surface area (Å²) in [4.78, 5) is 28.5. The Morgan fingerprint density at radius 1 is 1.43 bits per heavy atom. The minimum atomic E-state index is -0.537. The van der Waals surface area contributed by atoms with Crippen LogP contribution in [0.25, 0.3) is 5.65 Å². The fourth-order valence-electron chi connectivity index (χ4n) is 2.34. The van der Waals surface area contributed by atoms with Crippen molar-refractivity contribution in [1.82, 2.24) is 24.5 Å². The van der Waals surface area contributed by atoms with Gasteiger partial charge in [-0.3, -0.25) is 18.7 Å². The van der Waals surface area contributed by atoms with E-state index in [0.29, 0.717) is 0 Å². The van der Waals surface area contributed by atoms with E-state index in [1.54, 1.807) is 11.7 Å². The Bertz CT molecular complexity index is 957. The molecule has 0 aromatic carbocycles.